The minimum atomic E-state index is -4.37. The van der Waals surface area contributed by atoms with Crippen molar-refractivity contribution in [2.24, 2.45) is 0 Å². The topological polar surface area (TPSA) is 111 Å². The number of rotatable bonds is 8. The van der Waals surface area contributed by atoms with Gasteiger partial charge in [0.25, 0.3) is 0 Å². The van der Waals surface area contributed by atoms with Crippen LogP contribution < -0.4 is 9.44 Å². The molecule has 11 heteroatoms. The fourth-order valence-corrected chi connectivity index (χ4v) is 4.22. The van der Waals surface area contributed by atoms with Crippen LogP contribution in [0.15, 0.2) is 48.5 Å². The summed E-state index contributed by atoms with van der Waals surface area (Å²) in [6.07, 6.45) is 0. The molecule has 0 amide bonds. The molecule has 0 aliphatic heterocycles. The molecule has 2 aromatic rings. The van der Waals surface area contributed by atoms with Crippen LogP contribution in [0.25, 0.3) is 0 Å². The Balaban J connectivity index is 2.05. The lowest BCUT2D eigenvalue weighted by atomic mass is 9.86. The van der Waals surface area contributed by atoms with Gasteiger partial charge in [0, 0.05) is 0 Å². The maximum Gasteiger partial charge on any atom is 0.523 e. The molecule has 1 radical (unpaired) electrons. The molecule has 0 aliphatic carbocycles. The van der Waals surface area contributed by atoms with E-state index in [4.69, 9.17) is 0 Å². The lowest BCUT2D eigenvalue weighted by molar-refractivity contribution is 0.435. The largest absolute Gasteiger partial charge is 0.523 e. The normalized spacial score (nSPS) is 13.0. The fraction of sp³-hybridized carbons (Fsp3) is 0.400. The number of hydrogen-bond donors (Lipinski definition) is 2. The summed E-state index contributed by atoms with van der Waals surface area (Å²) in [5.41, 5.74) is 1.49. The van der Waals surface area contributed by atoms with Crippen molar-refractivity contribution in [2.45, 2.75) is 52.4 Å². The maximum atomic E-state index is 12.2. The summed E-state index contributed by atoms with van der Waals surface area (Å²) in [5, 5.41) is 0. The zero-order valence-electron chi connectivity index (χ0n) is 18.5. The van der Waals surface area contributed by atoms with Crippen LogP contribution in [0.4, 0.5) is 11.4 Å². The first kappa shape index (κ1) is 25.2. The van der Waals surface area contributed by atoms with Gasteiger partial charge in [0.05, 0.1) is 11.4 Å². The van der Waals surface area contributed by atoms with Crippen LogP contribution in [0.2, 0.25) is 0 Å². The molecule has 0 atom stereocenters. The zero-order valence-corrected chi connectivity index (χ0v) is 20.1. The van der Waals surface area contributed by atoms with Crippen molar-refractivity contribution in [3.63, 3.8) is 0 Å². The lowest BCUT2D eigenvalue weighted by Gasteiger charge is -2.23. The van der Waals surface area contributed by atoms with Crippen LogP contribution in [0.3, 0.4) is 0 Å². The second kappa shape index (κ2) is 9.19. The molecule has 0 aromatic heterocycles. The third-order valence-electron chi connectivity index (χ3n) is 4.27. The van der Waals surface area contributed by atoms with Crippen molar-refractivity contribution < 1.29 is 25.0 Å². The van der Waals surface area contributed by atoms with Crippen molar-refractivity contribution >= 4 is 39.7 Å². The molecule has 2 N–H and O–H groups in total. The van der Waals surface area contributed by atoms with Gasteiger partial charge in [-0.15, -0.1) is 0 Å². The second-order valence-corrected chi connectivity index (χ2v) is 11.6. The molecule has 0 bridgehead atoms. The third-order valence-corrected chi connectivity index (χ3v) is 5.88. The van der Waals surface area contributed by atoms with Crippen LogP contribution in [0, 0.1) is 0 Å². The second-order valence-electron chi connectivity index (χ2n) is 8.99. The van der Waals surface area contributed by atoms with E-state index in [-0.39, 0.29) is 18.5 Å². The van der Waals surface area contributed by atoms with E-state index in [1.807, 2.05) is 41.5 Å². The van der Waals surface area contributed by atoms with Gasteiger partial charge in [0.1, 0.15) is 0 Å². The highest BCUT2D eigenvalue weighted by Crippen LogP contribution is 2.31. The van der Waals surface area contributed by atoms with Crippen molar-refractivity contribution in [3.8, 4) is 0 Å². The van der Waals surface area contributed by atoms with E-state index in [2.05, 4.69) is 17.6 Å². The molecule has 0 fully saturated rings. The van der Waals surface area contributed by atoms with Crippen LogP contribution in [-0.2, 0) is 39.6 Å². The number of nitrogens with one attached hydrogen (secondary N) is 2. The van der Waals surface area contributed by atoms with Crippen LogP contribution in [-0.4, -0.2) is 24.5 Å². The fourth-order valence-electron chi connectivity index (χ4n) is 2.89. The van der Waals surface area contributed by atoms with E-state index >= 15 is 0 Å². The highest BCUT2D eigenvalue weighted by atomic mass is 32.2. The maximum absolute atomic E-state index is 12.2. The van der Waals surface area contributed by atoms with E-state index < -0.39 is 20.6 Å². The van der Waals surface area contributed by atoms with E-state index in [1.165, 1.54) is 0 Å². The average molecular weight is 467 g/mol. The minimum absolute atomic E-state index is 0.254. The highest BCUT2D eigenvalue weighted by molar-refractivity contribution is 7.90. The molecule has 0 heterocycles. The number of para-hydroxylation sites is 2. The standard InChI is InChI=1S/C20H28BN2O6S2/c1-19(2,3)15-11-7-9-13-17(15)22-30(24,25)28-21-29-31(26,27)23-18-14-10-8-12-16(18)20(4,5)6/h7-14,22-23H,1-6H3. The van der Waals surface area contributed by atoms with Crippen LogP contribution in [0.5, 0.6) is 0 Å². The molecule has 0 aliphatic rings. The van der Waals surface area contributed by atoms with Crippen molar-refractivity contribution in [3.05, 3.63) is 59.7 Å². The Hall–Kier alpha value is -2.08. The molecule has 31 heavy (non-hydrogen) atoms. The van der Waals surface area contributed by atoms with E-state index in [1.54, 1.807) is 48.5 Å². The molecule has 2 rings (SSSR count). The number of hydrogen-bond acceptors (Lipinski definition) is 6. The van der Waals surface area contributed by atoms with Gasteiger partial charge in [-0.25, -0.2) is 0 Å². The van der Waals surface area contributed by atoms with E-state index in [0.29, 0.717) is 11.4 Å². The van der Waals surface area contributed by atoms with E-state index in [9.17, 15) is 16.8 Å². The lowest BCUT2D eigenvalue weighted by Crippen LogP contribution is -2.26. The van der Waals surface area contributed by atoms with Gasteiger partial charge in [0.2, 0.25) is 0 Å². The Bertz CT molecular complexity index is 1030. The monoisotopic (exact) mass is 467 g/mol. The SMILES string of the molecule is CC(C)(C)c1ccccc1NS(=O)(=O)O[B]OS(=O)(=O)Nc1ccccc1C(C)(C)C. The molecular weight excluding hydrogens is 439 g/mol. The smallest absolute Gasteiger partial charge is 0.283 e. The van der Waals surface area contributed by atoms with Crippen molar-refractivity contribution in [1.82, 2.24) is 0 Å². The molecular formula is C20H28BN2O6S2. The van der Waals surface area contributed by atoms with Gasteiger partial charge in [-0.2, -0.15) is 16.8 Å². The predicted molar refractivity (Wildman–Crippen MR) is 123 cm³/mol. The average Bonchev–Trinajstić information content (AvgIpc) is 2.59. The molecule has 8 nitrogen and oxygen atoms in total. The van der Waals surface area contributed by atoms with Crippen LogP contribution >= 0.6 is 0 Å². The Morgan fingerprint density at radius 1 is 0.645 bits per heavy atom. The van der Waals surface area contributed by atoms with Gasteiger partial charge >= 0.3 is 28.3 Å². The van der Waals surface area contributed by atoms with Crippen molar-refractivity contribution in [1.29, 1.82) is 0 Å². The molecule has 0 saturated heterocycles. The van der Waals surface area contributed by atoms with Gasteiger partial charge in [-0.05, 0) is 34.1 Å². The summed E-state index contributed by atoms with van der Waals surface area (Å²) in [4.78, 5) is 0. The molecule has 2 aromatic carbocycles. The Morgan fingerprint density at radius 2 is 0.968 bits per heavy atom. The molecule has 169 valence electrons. The summed E-state index contributed by atoms with van der Waals surface area (Å²) in [7, 11) is -8.48. The number of benzene rings is 2. The highest BCUT2D eigenvalue weighted by Gasteiger charge is 2.24. The zero-order chi connectivity index (χ0) is 23.5. The predicted octanol–water partition coefficient (Wildman–Crippen LogP) is 3.86. The molecule has 0 saturated carbocycles. The summed E-state index contributed by atoms with van der Waals surface area (Å²) < 4.78 is 62.7. The quantitative estimate of drug-likeness (QED) is 0.571. The summed E-state index contributed by atoms with van der Waals surface area (Å²) in [6.45, 7) is 11.6. The summed E-state index contributed by atoms with van der Waals surface area (Å²) in [5.74, 6) is 0. The first-order valence-electron chi connectivity index (χ1n) is 9.53. The Labute approximate surface area is 186 Å². The Kier molecular flexibility index (Phi) is 7.47. The van der Waals surface area contributed by atoms with Gasteiger partial charge < -0.3 is 0 Å². The molecule has 0 unspecified atom stereocenters. The first-order valence-corrected chi connectivity index (χ1v) is 12.4. The van der Waals surface area contributed by atoms with Gasteiger partial charge in [-0.1, -0.05) is 77.9 Å². The summed E-state index contributed by atoms with van der Waals surface area (Å²) >= 11 is 0. The van der Waals surface area contributed by atoms with Gasteiger partial charge in [-0.3, -0.25) is 17.6 Å². The van der Waals surface area contributed by atoms with Crippen molar-refractivity contribution in [2.75, 3.05) is 9.44 Å². The number of anilines is 2. The summed E-state index contributed by atoms with van der Waals surface area (Å²) in [6, 6.07) is 13.7. The van der Waals surface area contributed by atoms with Gasteiger partial charge in [0.15, 0.2) is 0 Å². The Morgan fingerprint density at radius 3 is 1.29 bits per heavy atom. The van der Waals surface area contributed by atoms with Crippen LogP contribution in [0.1, 0.15) is 52.7 Å². The van der Waals surface area contributed by atoms with E-state index in [0.717, 1.165) is 11.1 Å². The first-order chi connectivity index (χ1) is 14.1. The minimum Gasteiger partial charge on any atom is -0.283 e. The molecule has 0 spiro atoms. The third kappa shape index (κ3) is 7.53.